The first-order valence-corrected chi connectivity index (χ1v) is 4.33. The molecule has 0 fully saturated rings. The molecule has 0 amide bonds. The molecule has 0 saturated carbocycles. The molecule has 76 valence electrons. The third-order valence-electron chi connectivity index (χ3n) is 1.80. The molecule has 1 aromatic rings. The van der Waals surface area contributed by atoms with Gasteiger partial charge in [-0.15, -0.1) is 0 Å². The van der Waals surface area contributed by atoms with Crippen LogP contribution in [0.15, 0.2) is 18.5 Å². The van der Waals surface area contributed by atoms with E-state index < -0.39 is 0 Å². The summed E-state index contributed by atoms with van der Waals surface area (Å²) in [5, 5.41) is 0. The van der Waals surface area contributed by atoms with Gasteiger partial charge in [0.2, 0.25) is 0 Å². The molecule has 0 aliphatic carbocycles. The zero-order valence-corrected chi connectivity index (χ0v) is 8.01. The van der Waals surface area contributed by atoms with Gasteiger partial charge in [0.1, 0.15) is 5.82 Å². The number of aromatic nitrogens is 2. The fourth-order valence-electron chi connectivity index (χ4n) is 1.01. The molecule has 0 aliphatic heterocycles. The average Bonchev–Trinajstić information content (AvgIpc) is 2.26. The molecule has 0 saturated heterocycles. The van der Waals surface area contributed by atoms with Crippen LogP contribution in [0.2, 0.25) is 0 Å². The molecular weight excluding hydrogens is 182 g/mol. The highest BCUT2D eigenvalue weighted by atomic mass is 16.5. The van der Waals surface area contributed by atoms with Crippen LogP contribution in [0.5, 0.6) is 0 Å². The summed E-state index contributed by atoms with van der Waals surface area (Å²) in [6, 6.07) is 1.41. The second-order valence-corrected chi connectivity index (χ2v) is 2.83. The molecule has 1 aromatic heterocycles. The van der Waals surface area contributed by atoms with Gasteiger partial charge in [-0.1, -0.05) is 0 Å². The predicted molar refractivity (Wildman–Crippen MR) is 50.2 cm³/mol. The highest BCUT2D eigenvalue weighted by molar-refractivity contribution is 5.69. The highest BCUT2D eigenvalue weighted by Gasteiger charge is 2.10. The minimum atomic E-state index is -0.310. The minimum absolute atomic E-state index is 0.267. The van der Waals surface area contributed by atoms with Crippen LogP contribution in [-0.4, -0.2) is 23.0 Å². The molecule has 0 radical (unpaired) electrons. The standard InChI is InChI=1S/C9H13N3O2/c1-14-8(13)4-3-7(10)9-11-5-2-6-12-9/h2,5-7H,3-4,10H2,1H3/t7-/m1/s1. The fraction of sp³-hybridized carbons (Fsp3) is 0.444. The van der Waals surface area contributed by atoms with E-state index in [-0.39, 0.29) is 18.4 Å². The summed E-state index contributed by atoms with van der Waals surface area (Å²) in [6.07, 6.45) is 4.03. The van der Waals surface area contributed by atoms with Crippen LogP contribution in [0.4, 0.5) is 0 Å². The number of esters is 1. The molecule has 1 heterocycles. The lowest BCUT2D eigenvalue weighted by Crippen LogP contribution is -2.15. The summed E-state index contributed by atoms with van der Waals surface area (Å²) in [4.78, 5) is 18.8. The third-order valence-corrected chi connectivity index (χ3v) is 1.80. The van der Waals surface area contributed by atoms with Gasteiger partial charge in [-0.05, 0) is 12.5 Å². The topological polar surface area (TPSA) is 78.1 Å². The van der Waals surface area contributed by atoms with E-state index in [4.69, 9.17) is 5.73 Å². The van der Waals surface area contributed by atoms with E-state index in [9.17, 15) is 4.79 Å². The Balaban J connectivity index is 2.43. The Morgan fingerprint density at radius 3 is 2.79 bits per heavy atom. The molecule has 0 aliphatic rings. The maximum atomic E-state index is 10.8. The monoisotopic (exact) mass is 195 g/mol. The molecule has 0 unspecified atom stereocenters. The van der Waals surface area contributed by atoms with Gasteiger partial charge in [0, 0.05) is 18.8 Å². The normalized spacial score (nSPS) is 12.1. The Morgan fingerprint density at radius 2 is 2.21 bits per heavy atom. The van der Waals surface area contributed by atoms with E-state index >= 15 is 0 Å². The van der Waals surface area contributed by atoms with Crippen molar-refractivity contribution in [1.29, 1.82) is 0 Å². The van der Waals surface area contributed by atoms with Gasteiger partial charge in [-0.3, -0.25) is 4.79 Å². The molecule has 1 atom stereocenters. The van der Waals surface area contributed by atoms with Crippen molar-refractivity contribution in [3.8, 4) is 0 Å². The van der Waals surface area contributed by atoms with Crippen molar-refractivity contribution in [3.63, 3.8) is 0 Å². The quantitative estimate of drug-likeness (QED) is 0.705. The van der Waals surface area contributed by atoms with Crippen molar-refractivity contribution in [2.24, 2.45) is 5.73 Å². The molecule has 0 spiro atoms. The number of rotatable bonds is 4. The summed E-state index contributed by atoms with van der Waals surface area (Å²) in [6.45, 7) is 0. The zero-order valence-electron chi connectivity index (χ0n) is 8.01. The SMILES string of the molecule is COC(=O)CC[C@@H](N)c1ncccn1. The van der Waals surface area contributed by atoms with Crippen LogP contribution in [0.1, 0.15) is 24.7 Å². The molecule has 2 N–H and O–H groups in total. The van der Waals surface area contributed by atoms with Gasteiger partial charge in [0.05, 0.1) is 13.2 Å². The summed E-state index contributed by atoms with van der Waals surface area (Å²) in [5.74, 6) is 0.285. The van der Waals surface area contributed by atoms with E-state index in [0.717, 1.165) is 0 Å². The Labute approximate surface area is 82.3 Å². The molecule has 1 rings (SSSR count). The van der Waals surface area contributed by atoms with Crippen LogP contribution < -0.4 is 5.73 Å². The van der Waals surface area contributed by atoms with Gasteiger partial charge in [-0.2, -0.15) is 0 Å². The van der Waals surface area contributed by atoms with Crippen molar-refractivity contribution >= 4 is 5.97 Å². The number of ether oxygens (including phenoxy) is 1. The average molecular weight is 195 g/mol. The second-order valence-electron chi connectivity index (χ2n) is 2.83. The zero-order chi connectivity index (χ0) is 10.4. The summed E-state index contributed by atoms with van der Waals surface area (Å²) >= 11 is 0. The van der Waals surface area contributed by atoms with Crippen molar-refractivity contribution in [1.82, 2.24) is 9.97 Å². The minimum Gasteiger partial charge on any atom is -0.469 e. The number of carbonyl (C=O) groups is 1. The number of methoxy groups -OCH3 is 1. The van der Waals surface area contributed by atoms with Crippen molar-refractivity contribution in [2.45, 2.75) is 18.9 Å². The molecule has 0 bridgehead atoms. The Kier molecular flexibility index (Phi) is 4.00. The van der Waals surface area contributed by atoms with Crippen LogP contribution in [0.3, 0.4) is 0 Å². The van der Waals surface area contributed by atoms with Crippen molar-refractivity contribution in [3.05, 3.63) is 24.3 Å². The fourth-order valence-corrected chi connectivity index (χ4v) is 1.01. The summed E-state index contributed by atoms with van der Waals surface area (Å²) in [7, 11) is 1.35. The van der Waals surface area contributed by atoms with Crippen LogP contribution in [0, 0.1) is 0 Å². The number of hydrogen-bond acceptors (Lipinski definition) is 5. The number of carbonyl (C=O) groups excluding carboxylic acids is 1. The van der Waals surface area contributed by atoms with E-state index in [1.165, 1.54) is 7.11 Å². The smallest absolute Gasteiger partial charge is 0.305 e. The molecular formula is C9H13N3O2. The lowest BCUT2D eigenvalue weighted by Gasteiger charge is -2.07. The third kappa shape index (κ3) is 3.10. The van der Waals surface area contributed by atoms with Crippen LogP contribution in [0.25, 0.3) is 0 Å². The van der Waals surface area contributed by atoms with Gasteiger partial charge in [0.25, 0.3) is 0 Å². The lowest BCUT2D eigenvalue weighted by atomic mass is 10.1. The number of hydrogen-bond donors (Lipinski definition) is 1. The largest absolute Gasteiger partial charge is 0.469 e. The van der Waals surface area contributed by atoms with Crippen molar-refractivity contribution < 1.29 is 9.53 Å². The summed E-state index contributed by atoms with van der Waals surface area (Å²) in [5.41, 5.74) is 5.77. The maximum Gasteiger partial charge on any atom is 0.305 e. The van der Waals surface area contributed by atoms with E-state index in [1.807, 2.05) is 0 Å². The maximum absolute atomic E-state index is 10.8. The van der Waals surface area contributed by atoms with Gasteiger partial charge in [-0.25, -0.2) is 9.97 Å². The molecule has 0 aromatic carbocycles. The van der Waals surface area contributed by atoms with Crippen molar-refractivity contribution in [2.75, 3.05) is 7.11 Å². The van der Waals surface area contributed by atoms with E-state index in [1.54, 1.807) is 18.5 Å². The number of nitrogens with two attached hydrogens (primary N) is 1. The Bertz CT molecular complexity index is 289. The molecule has 5 nitrogen and oxygen atoms in total. The second kappa shape index (κ2) is 5.29. The first-order chi connectivity index (χ1) is 6.74. The molecule has 14 heavy (non-hydrogen) atoms. The highest BCUT2D eigenvalue weighted by Crippen LogP contribution is 2.10. The van der Waals surface area contributed by atoms with Gasteiger partial charge < -0.3 is 10.5 Å². The van der Waals surface area contributed by atoms with E-state index in [0.29, 0.717) is 12.2 Å². The van der Waals surface area contributed by atoms with Crippen LogP contribution in [-0.2, 0) is 9.53 Å². The van der Waals surface area contributed by atoms with Crippen LogP contribution >= 0.6 is 0 Å². The lowest BCUT2D eigenvalue weighted by molar-refractivity contribution is -0.140. The number of nitrogens with zero attached hydrogens (tertiary/aromatic N) is 2. The Hall–Kier alpha value is -1.49. The van der Waals surface area contributed by atoms with Gasteiger partial charge >= 0.3 is 5.97 Å². The van der Waals surface area contributed by atoms with Gasteiger partial charge in [0.15, 0.2) is 0 Å². The molecule has 5 heteroatoms. The predicted octanol–water partition coefficient (Wildman–Crippen LogP) is 0.430. The first-order valence-electron chi connectivity index (χ1n) is 4.33. The Morgan fingerprint density at radius 1 is 1.57 bits per heavy atom. The first kappa shape index (κ1) is 10.6. The summed E-state index contributed by atoms with van der Waals surface area (Å²) < 4.78 is 4.50. The van der Waals surface area contributed by atoms with E-state index in [2.05, 4.69) is 14.7 Å².